The number of hydrogen-bond donors (Lipinski definition) is 2. The summed E-state index contributed by atoms with van der Waals surface area (Å²) in [7, 11) is 0. The number of aliphatic hydroxyl groups is 1. The largest absolute Gasteiger partial charge is 0.419 e. The molecule has 1 atom stereocenters. The summed E-state index contributed by atoms with van der Waals surface area (Å²) in [5.74, 6) is -1.82. The van der Waals surface area contributed by atoms with Crippen molar-refractivity contribution in [2.24, 2.45) is 0 Å². The van der Waals surface area contributed by atoms with E-state index in [4.69, 9.17) is 21.1 Å². The van der Waals surface area contributed by atoms with E-state index in [9.17, 15) is 19.5 Å². The lowest BCUT2D eigenvalue weighted by atomic mass is 9.78. The predicted molar refractivity (Wildman–Crippen MR) is 130 cm³/mol. The second kappa shape index (κ2) is 10.7. The zero-order valence-electron chi connectivity index (χ0n) is 18.8. The summed E-state index contributed by atoms with van der Waals surface area (Å²) in [5.41, 5.74) is 0.481. The fourth-order valence-corrected chi connectivity index (χ4v) is 4.14. The molecule has 0 aliphatic heterocycles. The number of amides is 1. The minimum atomic E-state index is -1.40. The third-order valence-electron chi connectivity index (χ3n) is 5.83. The summed E-state index contributed by atoms with van der Waals surface area (Å²) >= 11 is 5.58. The molecule has 0 fully saturated rings. The smallest absolute Gasteiger partial charge is 0.343 e. The number of ether oxygens (including phenoxy) is 2. The number of benzene rings is 3. The summed E-state index contributed by atoms with van der Waals surface area (Å²) in [6, 6.07) is 20.0. The average Bonchev–Trinajstić information content (AvgIpc) is 2.89. The van der Waals surface area contributed by atoms with E-state index in [1.807, 2.05) is 0 Å². The van der Waals surface area contributed by atoms with Crippen molar-refractivity contribution in [1.82, 2.24) is 5.32 Å². The predicted octanol–water partition coefficient (Wildman–Crippen LogP) is 4.00. The van der Waals surface area contributed by atoms with Crippen molar-refractivity contribution in [3.05, 3.63) is 95.1 Å². The number of hydrogen-bond acceptors (Lipinski definition) is 6. The number of rotatable bonds is 7. The molecule has 7 nitrogen and oxygen atoms in total. The lowest BCUT2D eigenvalue weighted by Gasteiger charge is -2.35. The Morgan fingerprint density at radius 3 is 1.97 bits per heavy atom. The lowest BCUT2D eigenvalue weighted by Crippen LogP contribution is -2.43. The summed E-state index contributed by atoms with van der Waals surface area (Å²) < 4.78 is 11.3. The van der Waals surface area contributed by atoms with E-state index in [-0.39, 0.29) is 23.9 Å². The van der Waals surface area contributed by atoms with E-state index in [1.165, 1.54) is 6.07 Å². The number of carbonyl (C=O) groups is 3. The van der Waals surface area contributed by atoms with Crippen LogP contribution in [0.2, 0.25) is 0 Å². The number of nitrogens with one attached hydrogen (secondary N) is 1. The van der Waals surface area contributed by atoms with E-state index in [0.717, 1.165) is 5.56 Å². The van der Waals surface area contributed by atoms with Crippen LogP contribution >= 0.6 is 11.6 Å². The third kappa shape index (κ3) is 5.70. The highest BCUT2D eigenvalue weighted by atomic mass is 35.5. The highest BCUT2D eigenvalue weighted by Gasteiger charge is 2.36. The van der Waals surface area contributed by atoms with Gasteiger partial charge < -0.3 is 19.9 Å². The van der Waals surface area contributed by atoms with Crippen LogP contribution in [0.5, 0.6) is 11.5 Å². The molecule has 3 aromatic rings. The van der Waals surface area contributed by atoms with Crippen LogP contribution in [0.4, 0.5) is 0 Å². The summed E-state index contributed by atoms with van der Waals surface area (Å²) in [6.45, 7) is -0.0548. The maximum atomic E-state index is 12.8. The molecule has 180 valence electrons. The molecule has 4 rings (SSSR count). The van der Waals surface area contributed by atoms with Crippen LogP contribution in [-0.2, 0) is 16.8 Å². The first kappa shape index (κ1) is 24.4. The number of fused-ring (bicyclic) bond motifs is 1. The maximum Gasteiger partial charge on any atom is 0.343 e. The first-order valence-corrected chi connectivity index (χ1v) is 11.7. The van der Waals surface area contributed by atoms with E-state index in [1.54, 1.807) is 66.7 Å². The zero-order valence-corrected chi connectivity index (χ0v) is 19.6. The van der Waals surface area contributed by atoms with Gasteiger partial charge in [0.25, 0.3) is 0 Å². The molecule has 1 amide bonds. The molecule has 0 saturated carbocycles. The molecule has 0 aromatic heterocycles. The Hall–Kier alpha value is -3.68. The Balaban J connectivity index is 1.71. The van der Waals surface area contributed by atoms with Gasteiger partial charge in [-0.15, -0.1) is 11.6 Å². The molecular weight excluding hydrogens is 470 g/mol. The third-order valence-corrected chi connectivity index (χ3v) is 6.07. The second-order valence-corrected chi connectivity index (χ2v) is 8.53. The fourth-order valence-electron chi connectivity index (χ4n) is 4.05. The Labute approximate surface area is 207 Å². The zero-order chi connectivity index (χ0) is 24.8. The van der Waals surface area contributed by atoms with E-state index < -0.39 is 23.4 Å². The molecule has 1 unspecified atom stereocenters. The monoisotopic (exact) mass is 493 g/mol. The fraction of sp³-hybridized carbons (Fsp3) is 0.222. The van der Waals surface area contributed by atoms with Gasteiger partial charge in [0.15, 0.2) is 11.5 Å². The van der Waals surface area contributed by atoms with Gasteiger partial charge in [-0.25, -0.2) is 9.59 Å². The van der Waals surface area contributed by atoms with Crippen molar-refractivity contribution in [2.75, 3.05) is 12.4 Å². The van der Waals surface area contributed by atoms with Crippen LogP contribution in [0.1, 0.15) is 44.7 Å². The normalized spacial score (nSPS) is 16.6. The second-order valence-electron chi connectivity index (χ2n) is 8.26. The lowest BCUT2D eigenvalue weighted by molar-refractivity contribution is -0.120. The SMILES string of the molecule is O=C(CCl)NCC1(O)CCCc2cc(OC(=O)c3ccccc3)c(OC(=O)c3ccccc3)cc21. The molecule has 0 bridgehead atoms. The topological polar surface area (TPSA) is 102 Å². The standard InChI is InChI=1S/C27H24ClNO6/c28-16-24(30)29-17-27(33)13-7-12-20-14-22(34-25(31)18-8-3-1-4-9-18)23(15-21(20)27)35-26(32)19-10-5-2-6-11-19/h1-6,8-11,14-15,33H,7,12-13,16-17H2,(H,29,30). The van der Waals surface area contributed by atoms with Crippen LogP contribution in [0.25, 0.3) is 0 Å². The highest BCUT2D eigenvalue weighted by Crippen LogP contribution is 2.42. The van der Waals surface area contributed by atoms with Gasteiger partial charge in [0, 0.05) is 0 Å². The molecule has 0 saturated heterocycles. The highest BCUT2D eigenvalue weighted by molar-refractivity contribution is 6.27. The molecule has 3 aromatic carbocycles. The Morgan fingerprint density at radius 1 is 0.886 bits per heavy atom. The van der Waals surface area contributed by atoms with Gasteiger partial charge in [0.1, 0.15) is 11.5 Å². The van der Waals surface area contributed by atoms with Crippen molar-refractivity contribution in [2.45, 2.75) is 24.9 Å². The van der Waals surface area contributed by atoms with E-state index in [2.05, 4.69) is 5.32 Å². The molecule has 1 aliphatic rings. The minimum Gasteiger partial charge on any atom is -0.419 e. The Kier molecular flexibility index (Phi) is 7.48. The number of esters is 2. The Bertz CT molecular complexity index is 1230. The molecular formula is C27H24ClNO6. The number of halogens is 1. The summed E-state index contributed by atoms with van der Waals surface area (Å²) in [4.78, 5) is 37.3. The Morgan fingerprint density at radius 2 is 1.43 bits per heavy atom. The van der Waals surface area contributed by atoms with Gasteiger partial charge in [-0.3, -0.25) is 4.79 Å². The van der Waals surface area contributed by atoms with Gasteiger partial charge >= 0.3 is 11.9 Å². The van der Waals surface area contributed by atoms with Gasteiger partial charge in [0.2, 0.25) is 5.91 Å². The van der Waals surface area contributed by atoms with Crippen molar-refractivity contribution >= 4 is 29.4 Å². The van der Waals surface area contributed by atoms with Crippen molar-refractivity contribution in [3.63, 3.8) is 0 Å². The van der Waals surface area contributed by atoms with Crippen LogP contribution in [0, 0.1) is 0 Å². The van der Waals surface area contributed by atoms with Gasteiger partial charge in [-0.2, -0.15) is 0 Å². The molecule has 0 radical (unpaired) electrons. The number of carbonyl (C=O) groups excluding carboxylic acids is 3. The van der Waals surface area contributed by atoms with Gasteiger partial charge in [0.05, 0.1) is 17.7 Å². The van der Waals surface area contributed by atoms with E-state index >= 15 is 0 Å². The minimum absolute atomic E-state index is 0.00845. The molecule has 0 heterocycles. The summed E-state index contributed by atoms with van der Waals surface area (Å²) in [5, 5.41) is 14.0. The average molecular weight is 494 g/mol. The quantitative estimate of drug-likeness (QED) is 0.293. The molecule has 0 spiro atoms. The number of alkyl halides is 1. The maximum absolute atomic E-state index is 12.8. The first-order chi connectivity index (χ1) is 16.9. The number of aryl methyl sites for hydroxylation is 1. The van der Waals surface area contributed by atoms with Crippen molar-refractivity contribution in [3.8, 4) is 11.5 Å². The van der Waals surface area contributed by atoms with Crippen LogP contribution in [0.3, 0.4) is 0 Å². The van der Waals surface area contributed by atoms with Crippen LogP contribution < -0.4 is 14.8 Å². The van der Waals surface area contributed by atoms with Gasteiger partial charge in [-0.1, -0.05) is 36.4 Å². The molecule has 1 aliphatic carbocycles. The van der Waals surface area contributed by atoms with Crippen LogP contribution in [-0.4, -0.2) is 35.4 Å². The first-order valence-electron chi connectivity index (χ1n) is 11.2. The van der Waals surface area contributed by atoms with Crippen molar-refractivity contribution in [1.29, 1.82) is 0 Å². The molecule has 8 heteroatoms. The van der Waals surface area contributed by atoms with Crippen molar-refractivity contribution < 1.29 is 29.0 Å². The van der Waals surface area contributed by atoms with E-state index in [0.29, 0.717) is 36.0 Å². The van der Waals surface area contributed by atoms with Gasteiger partial charge in [-0.05, 0) is 66.8 Å². The van der Waals surface area contributed by atoms with Crippen LogP contribution in [0.15, 0.2) is 72.8 Å². The molecule has 2 N–H and O–H groups in total. The summed E-state index contributed by atoms with van der Waals surface area (Å²) in [6.07, 6.45) is 1.65. The molecule has 35 heavy (non-hydrogen) atoms.